The molecule has 1 aliphatic rings. The van der Waals surface area contributed by atoms with Gasteiger partial charge in [-0.2, -0.15) is 0 Å². The largest absolute Gasteiger partial charge is 0.394 e. The maximum atomic E-state index is 12.7. The molecule has 0 radical (unpaired) electrons. The number of ether oxygens (including phenoxy) is 1. The molecule has 0 aliphatic carbocycles. The highest BCUT2D eigenvalue weighted by molar-refractivity contribution is 5.92. The summed E-state index contributed by atoms with van der Waals surface area (Å²) in [6, 6.07) is 10.1. The average molecular weight is 397 g/mol. The number of aromatic nitrogens is 1. The number of carbonyl (C=O) groups is 1. The van der Waals surface area contributed by atoms with Gasteiger partial charge in [0.15, 0.2) is 0 Å². The molecule has 0 unspecified atom stereocenters. The van der Waals surface area contributed by atoms with E-state index in [0.29, 0.717) is 37.4 Å². The van der Waals surface area contributed by atoms with E-state index < -0.39 is 18.2 Å². The highest BCUT2D eigenvalue weighted by atomic mass is 16.5. The fraction of sp³-hybridized carbons (Fsp3) is 0.381. The summed E-state index contributed by atoms with van der Waals surface area (Å²) in [5, 5.41) is 26.5. The molecule has 8 nitrogen and oxygen atoms in total. The second kappa shape index (κ2) is 9.99. The van der Waals surface area contributed by atoms with Crippen molar-refractivity contribution in [2.24, 2.45) is 0 Å². The van der Waals surface area contributed by atoms with Gasteiger partial charge in [0.05, 0.1) is 24.0 Å². The van der Waals surface area contributed by atoms with E-state index in [1.807, 2.05) is 37.3 Å². The van der Waals surface area contributed by atoms with Crippen molar-refractivity contribution in [3.63, 3.8) is 0 Å². The molecule has 0 fully saturated rings. The van der Waals surface area contributed by atoms with E-state index in [1.54, 1.807) is 6.07 Å². The molecule has 0 saturated carbocycles. The summed E-state index contributed by atoms with van der Waals surface area (Å²) in [5.41, 5.74) is 3.08. The third-order valence-electron chi connectivity index (χ3n) is 4.76. The Kier molecular flexibility index (Phi) is 7.15. The number of aryl methyl sites for hydroxylation is 1. The van der Waals surface area contributed by atoms with Crippen LogP contribution in [0.4, 0.5) is 16.3 Å². The summed E-state index contributed by atoms with van der Waals surface area (Å²) in [6.45, 7) is 2.87. The molecule has 3 rings (SSSR count). The van der Waals surface area contributed by atoms with Crippen molar-refractivity contribution in [2.75, 3.05) is 30.4 Å². The van der Waals surface area contributed by atoms with Gasteiger partial charge in [0.25, 0.3) is 0 Å². The van der Waals surface area contributed by atoms with Gasteiger partial charge in [-0.15, -0.1) is 0 Å². The summed E-state index contributed by atoms with van der Waals surface area (Å²) in [6.07, 6.45) is 2.00. The van der Waals surface area contributed by atoms with Crippen LogP contribution in [0.25, 0.3) is 0 Å². The lowest BCUT2D eigenvalue weighted by Gasteiger charge is -2.28. The Morgan fingerprint density at radius 1 is 1.38 bits per heavy atom. The van der Waals surface area contributed by atoms with Crippen LogP contribution in [0, 0.1) is 5.41 Å². The van der Waals surface area contributed by atoms with E-state index in [1.165, 1.54) is 6.21 Å². The number of hydrogen-bond acceptors (Lipinski definition) is 6. The van der Waals surface area contributed by atoms with Gasteiger partial charge in [0.1, 0.15) is 11.9 Å². The van der Waals surface area contributed by atoms with E-state index in [2.05, 4.69) is 20.9 Å². The Hall–Kier alpha value is -2.97. The molecule has 5 N–H and O–H groups in total. The number of benzene rings is 1. The zero-order valence-electron chi connectivity index (χ0n) is 16.4. The quantitative estimate of drug-likeness (QED) is 0.497. The maximum absolute atomic E-state index is 12.7. The first-order valence-electron chi connectivity index (χ1n) is 9.79. The Balaban J connectivity index is 1.94. The van der Waals surface area contributed by atoms with Gasteiger partial charge in [-0.3, -0.25) is 5.32 Å². The van der Waals surface area contributed by atoms with Crippen LogP contribution >= 0.6 is 0 Å². The van der Waals surface area contributed by atoms with Crippen molar-refractivity contribution in [3.05, 3.63) is 53.2 Å². The Morgan fingerprint density at radius 3 is 2.86 bits per heavy atom. The van der Waals surface area contributed by atoms with E-state index in [-0.39, 0.29) is 6.61 Å². The lowest BCUT2D eigenvalue weighted by atomic mass is 10.0. The van der Waals surface area contributed by atoms with Gasteiger partial charge in [0.2, 0.25) is 0 Å². The minimum Gasteiger partial charge on any atom is -0.394 e. The van der Waals surface area contributed by atoms with Crippen LogP contribution in [-0.2, 0) is 11.2 Å². The van der Waals surface area contributed by atoms with Crippen LogP contribution in [0.3, 0.4) is 0 Å². The number of aliphatic hydroxyl groups is 1. The van der Waals surface area contributed by atoms with E-state index in [0.717, 1.165) is 16.9 Å². The van der Waals surface area contributed by atoms with Gasteiger partial charge in [-0.05, 0) is 31.4 Å². The third kappa shape index (κ3) is 5.10. The van der Waals surface area contributed by atoms with Crippen LogP contribution in [-0.4, -0.2) is 48.2 Å². The van der Waals surface area contributed by atoms with Crippen molar-refractivity contribution in [1.82, 2.24) is 10.3 Å². The molecule has 2 heterocycles. The minimum atomic E-state index is -0.570. The van der Waals surface area contributed by atoms with Crippen molar-refractivity contribution in [1.29, 1.82) is 5.41 Å². The molecule has 2 aromatic rings. The number of nitrogens with one attached hydrogen (secondary N) is 4. The van der Waals surface area contributed by atoms with Gasteiger partial charge in [0, 0.05) is 24.9 Å². The van der Waals surface area contributed by atoms with Gasteiger partial charge in [-0.25, -0.2) is 9.78 Å². The standard InChI is InChI=1S/C21H27N5O3/c1-2-23-19-15(12-22)11-18-24-16(19)9-6-10-29-17(13-27)20(26-21(28)25-18)14-7-4-3-5-8-14/h3-5,7-8,11-12,17,20,22-23,27H,2,6,9-10,13H2,1H3,(H2,24,25,26,28)/t17-,20+/m0/s1. The zero-order chi connectivity index (χ0) is 20.6. The molecule has 0 spiro atoms. The summed E-state index contributed by atoms with van der Waals surface area (Å²) in [7, 11) is 0. The molecule has 0 saturated heterocycles. The van der Waals surface area contributed by atoms with Gasteiger partial charge < -0.3 is 25.9 Å². The maximum Gasteiger partial charge on any atom is 0.320 e. The van der Waals surface area contributed by atoms with Gasteiger partial charge >= 0.3 is 6.03 Å². The number of fused-ring (bicyclic) bond motifs is 2. The first-order chi connectivity index (χ1) is 14.2. The van der Waals surface area contributed by atoms with Crippen LogP contribution < -0.4 is 16.0 Å². The lowest BCUT2D eigenvalue weighted by Crippen LogP contribution is -2.42. The number of pyridine rings is 1. The molecular formula is C21H27N5O3. The molecule has 1 aromatic carbocycles. The number of carbonyl (C=O) groups excluding carboxylic acids is 1. The molecule has 2 bridgehead atoms. The highest BCUT2D eigenvalue weighted by Crippen LogP contribution is 2.25. The number of rotatable bonds is 5. The molecule has 154 valence electrons. The highest BCUT2D eigenvalue weighted by Gasteiger charge is 2.26. The summed E-state index contributed by atoms with van der Waals surface area (Å²) in [5.74, 6) is 0.381. The van der Waals surface area contributed by atoms with E-state index >= 15 is 0 Å². The summed E-state index contributed by atoms with van der Waals surface area (Å²) >= 11 is 0. The number of nitrogens with zero attached hydrogens (tertiary/aromatic N) is 1. The van der Waals surface area contributed by atoms with Crippen LogP contribution in [0.5, 0.6) is 0 Å². The number of aliphatic hydroxyl groups excluding tert-OH is 1. The smallest absolute Gasteiger partial charge is 0.320 e. The summed E-state index contributed by atoms with van der Waals surface area (Å²) in [4.78, 5) is 17.3. The molecular weight excluding hydrogens is 370 g/mol. The van der Waals surface area contributed by atoms with Crippen molar-refractivity contribution in [3.8, 4) is 0 Å². The zero-order valence-corrected chi connectivity index (χ0v) is 16.4. The number of anilines is 2. The normalized spacial score (nSPS) is 19.9. The number of hydrogen-bond donors (Lipinski definition) is 5. The van der Waals surface area contributed by atoms with Crippen LogP contribution in [0.15, 0.2) is 36.4 Å². The molecule has 1 aliphatic heterocycles. The Morgan fingerprint density at radius 2 is 2.17 bits per heavy atom. The monoisotopic (exact) mass is 397 g/mol. The third-order valence-corrected chi connectivity index (χ3v) is 4.76. The molecule has 29 heavy (non-hydrogen) atoms. The average Bonchev–Trinajstić information content (AvgIpc) is 2.73. The second-order valence-corrected chi connectivity index (χ2v) is 6.78. The Labute approximate surface area is 170 Å². The summed E-state index contributed by atoms with van der Waals surface area (Å²) < 4.78 is 5.92. The van der Waals surface area contributed by atoms with E-state index in [9.17, 15) is 9.90 Å². The van der Waals surface area contributed by atoms with Crippen molar-refractivity contribution in [2.45, 2.75) is 31.9 Å². The second-order valence-electron chi connectivity index (χ2n) is 6.78. The molecule has 2 atom stereocenters. The predicted molar refractivity (Wildman–Crippen MR) is 113 cm³/mol. The Bertz CT molecular complexity index is 844. The molecule has 2 amide bonds. The van der Waals surface area contributed by atoms with E-state index in [4.69, 9.17) is 10.1 Å². The molecule has 1 aromatic heterocycles. The van der Waals surface area contributed by atoms with Crippen molar-refractivity contribution >= 4 is 23.8 Å². The predicted octanol–water partition coefficient (Wildman–Crippen LogP) is 2.70. The number of amides is 2. The van der Waals surface area contributed by atoms with Gasteiger partial charge in [-0.1, -0.05) is 30.3 Å². The fourth-order valence-electron chi connectivity index (χ4n) is 3.43. The first kappa shape index (κ1) is 20.8. The minimum absolute atomic E-state index is 0.218. The van der Waals surface area contributed by atoms with Crippen molar-refractivity contribution < 1.29 is 14.6 Å². The van der Waals surface area contributed by atoms with Crippen LogP contribution in [0.2, 0.25) is 0 Å². The lowest BCUT2D eigenvalue weighted by molar-refractivity contribution is -0.00906. The first-order valence-corrected chi connectivity index (χ1v) is 9.79. The molecule has 8 heteroatoms. The van der Waals surface area contributed by atoms with Crippen LogP contribution in [0.1, 0.15) is 36.2 Å². The fourth-order valence-corrected chi connectivity index (χ4v) is 3.43. The number of urea groups is 1. The SMILES string of the molecule is CCNc1c(C=N)cc2nc1CCCO[C@@H](CO)[C@@H](c1ccccc1)NC(=O)N2. The topological polar surface area (TPSA) is 119 Å².